The van der Waals surface area contributed by atoms with Gasteiger partial charge in [0.1, 0.15) is 6.61 Å². The predicted molar refractivity (Wildman–Crippen MR) is 72.8 cm³/mol. The standard InChI is InChI=1S/C14H22F3N3O/c1-2-20-10-18-7-12(20)8-19-11-4-3-5-13(6-11)21-9-14(15,16)17/h7,10-11,13,19H,2-6,8-9H2,1H3. The first-order chi connectivity index (χ1) is 9.98. The Balaban J connectivity index is 1.76. The van der Waals surface area contributed by atoms with Crippen molar-refractivity contribution in [3.05, 3.63) is 18.2 Å². The average Bonchev–Trinajstić information content (AvgIpc) is 2.90. The van der Waals surface area contributed by atoms with E-state index in [1.54, 1.807) is 6.33 Å². The van der Waals surface area contributed by atoms with Gasteiger partial charge in [-0.05, 0) is 32.6 Å². The monoisotopic (exact) mass is 305 g/mol. The van der Waals surface area contributed by atoms with E-state index in [0.29, 0.717) is 19.4 Å². The Morgan fingerprint density at radius 2 is 2.24 bits per heavy atom. The number of rotatable bonds is 6. The topological polar surface area (TPSA) is 39.1 Å². The Labute approximate surface area is 122 Å². The highest BCUT2D eigenvalue weighted by molar-refractivity contribution is 4.98. The van der Waals surface area contributed by atoms with Crippen molar-refractivity contribution < 1.29 is 17.9 Å². The molecule has 7 heteroatoms. The summed E-state index contributed by atoms with van der Waals surface area (Å²) < 4.78 is 43.6. The second-order valence-electron chi connectivity index (χ2n) is 5.46. The zero-order valence-electron chi connectivity index (χ0n) is 12.2. The van der Waals surface area contributed by atoms with Crippen molar-refractivity contribution in [3.63, 3.8) is 0 Å². The van der Waals surface area contributed by atoms with Gasteiger partial charge in [0.05, 0.1) is 18.1 Å². The van der Waals surface area contributed by atoms with Gasteiger partial charge in [0.15, 0.2) is 0 Å². The van der Waals surface area contributed by atoms with Crippen LogP contribution in [0.25, 0.3) is 0 Å². The van der Waals surface area contributed by atoms with Crippen molar-refractivity contribution >= 4 is 0 Å². The molecule has 1 N–H and O–H groups in total. The highest BCUT2D eigenvalue weighted by Gasteiger charge is 2.31. The number of hydrogen-bond acceptors (Lipinski definition) is 3. The molecule has 1 saturated carbocycles. The average molecular weight is 305 g/mol. The molecule has 2 unspecified atom stereocenters. The van der Waals surface area contributed by atoms with Crippen LogP contribution in [0.1, 0.15) is 38.3 Å². The maximum atomic E-state index is 12.2. The molecule has 0 aliphatic heterocycles. The molecule has 1 heterocycles. The summed E-state index contributed by atoms with van der Waals surface area (Å²) in [5.41, 5.74) is 1.09. The molecule has 0 aromatic carbocycles. The van der Waals surface area contributed by atoms with E-state index in [0.717, 1.165) is 25.1 Å². The minimum Gasteiger partial charge on any atom is -0.369 e. The van der Waals surface area contributed by atoms with Gasteiger partial charge in [-0.2, -0.15) is 13.2 Å². The fraction of sp³-hybridized carbons (Fsp3) is 0.786. The van der Waals surface area contributed by atoms with E-state index < -0.39 is 12.8 Å². The number of nitrogens with one attached hydrogen (secondary N) is 1. The number of alkyl halides is 3. The number of halogens is 3. The molecule has 0 saturated heterocycles. The summed E-state index contributed by atoms with van der Waals surface area (Å²) in [6.07, 6.45) is 2.28. The molecular formula is C14H22F3N3O. The van der Waals surface area contributed by atoms with Crippen LogP contribution in [-0.2, 0) is 17.8 Å². The second-order valence-corrected chi connectivity index (χ2v) is 5.46. The molecule has 0 spiro atoms. The van der Waals surface area contributed by atoms with E-state index in [1.807, 2.05) is 17.7 Å². The van der Waals surface area contributed by atoms with Gasteiger partial charge in [-0.1, -0.05) is 0 Å². The van der Waals surface area contributed by atoms with E-state index in [2.05, 4.69) is 10.3 Å². The second kappa shape index (κ2) is 7.26. The van der Waals surface area contributed by atoms with Gasteiger partial charge in [-0.15, -0.1) is 0 Å². The van der Waals surface area contributed by atoms with Gasteiger partial charge >= 0.3 is 6.18 Å². The smallest absolute Gasteiger partial charge is 0.369 e. The van der Waals surface area contributed by atoms with Crippen molar-refractivity contribution in [1.82, 2.24) is 14.9 Å². The molecule has 0 amide bonds. The molecular weight excluding hydrogens is 283 g/mol. The van der Waals surface area contributed by atoms with E-state index in [1.165, 1.54) is 0 Å². The summed E-state index contributed by atoms with van der Waals surface area (Å²) in [7, 11) is 0. The van der Waals surface area contributed by atoms with Crippen LogP contribution >= 0.6 is 0 Å². The fourth-order valence-electron chi connectivity index (χ4n) is 2.72. The Morgan fingerprint density at radius 3 is 2.95 bits per heavy atom. The van der Waals surface area contributed by atoms with E-state index in [4.69, 9.17) is 4.74 Å². The lowest BCUT2D eigenvalue weighted by molar-refractivity contribution is -0.188. The lowest BCUT2D eigenvalue weighted by atomic mass is 9.93. The summed E-state index contributed by atoms with van der Waals surface area (Å²) in [6.45, 7) is 2.45. The normalized spacial score (nSPS) is 23.4. The minimum atomic E-state index is -4.24. The molecule has 1 fully saturated rings. The highest BCUT2D eigenvalue weighted by Crippen LogP contribution is 2.24. The molecule has 1 aromatic heterocycles. The van der Waals surface area contributed by atoms with E-state index in [-0.39, 0.29) is 12.1 Å². The van der Waals surface area contributed by atoms with Crippen molar-refractivity contribution in [2.75, 3.05) is 6.61 Å². The Kier molecular flexibility index (Phi) is 5.64. The first kappa shape index (κ1) is 16.3. The lowest BCUT2D eigenvalue weighted by Gasteiger charge is -2.30. The Morgan fingerprint density at radius 1 is 1.43 bits per heavy atom. The number of ether oxygens (including phenoxy) is 1. The van der Waals surface area contributed by atoms with Crippen LogP contribution in [0.2, 0.25) is 0 Å². The Bertz CT molecular complexity index is 433. The molecule has 2 atom stereocenters. The van der Waals surface area contributed by atoms with Gasteiger partial charge in [0.2, 0.25) is 0 Å². The molecule has 0 radical (unpaired) electrons. The third kappa shape index (κ3) is 5.32. The predicted octanol–water partition coefficient (Wildman–Crippen LogP) is 2.88. The molecule has 1 aliphatic rings. The van der Waals surface area contributed by atoms with Crippen molar-refractivity contribution in [3.8, 4) is 0 Å². The number of hydrogen-bond donors (Lipinski definition) is 1. The van der Waals surface area contributed by atoms with Crippen LogP contribution in [-0.4, -0.2) is 34.5 Å². The van der Waals surface area contributed by atoms with Gasteiger partial charge < -0.3 is 14.6 Å². The minimum absolute atomic E-state index is 0.206. The van der Waals surface area contributed by atoms with E-state index >= 15 is 0 Å². The fourth-order valence-corrected chi connectivity index (χ4v) is 2.72. The number of aryl methyl sites for hydroxylation is 1. The van der Waals surface area contributed by atoms with Gasteiger partial charge in [-0.3, -0.25) is 0 Å². The van der Waals surface area contributed by atoms with Crippen molar-refractivity contribution in [1.29, 1.82) is 0 Å². The summed E-state index contributed by atoms with van der Waals surface area (Å²) in [5.74, 6) is 0. The van der Waals surface area contributed by atoms with Gasteiger partial charge in [0.25, 0.3) is 0 Å². The van der Waals surface area contributed by atoms with Crippen LogP contribution in [0.15, 0.2) is 12.5 Å². The molecule has 4 nitrogen and oxygen atoms in total. The van der Waals surface area contributed by atoms with Crippen LogP contribution < -0.4 is 5.32 Å². The molecule has 1 aliphatic carbocycles. The maximum absolute atomic E-state index is 12.2. The summed E-state index contributed by atoms with van der Waals surface area (Å²) >= 11 is 0. The Hall–Kier alpha value is -1.08. The van der Waals surface area contributed by atoms with Crippen LogP contribution in [0.4, 0.5) is 13.2 Å². The molecule has 120 valence electrons. The largest absolute Gasteiger partial charge is 0.411 e. The summed E-state index contributed by atoms with van der Waals surface area (Å²) in [4.78, 5) is 4.10. The summed E-state index contributed by atoms with van der Waals surface area (Å²) in [6, 6.07) is 0.206. The molecule has 1 aromatic rings. The van der Waals surface area contributed by atoms with Gasteiger partial charge in [0, 0.05) is 25.3 Å². The van der Waals surface area contributed by atoms with Crippen molar-refractivity contribution in [2.24, 2.45) is 0 Å². The zero-order chi connectivity index (χ0) is 15.3. The highest BCUT2D eigenvalue weighted by atomic mass is 19.4. The molecule has 2 rings (SSSR count). The first-order valence-electron chi connectivity index (χ1n) is 7.38. The molecule has 0 bridgehead atoms. The quantitative estimate of drug-likeness (QED) is 0.878. The third-order valence-corrected chi connectivity index (χ3v) is 3.82. The van der Waals surface area contributed by atoms with Crippen LogP contribution in [0.5, 0.6) is 0 Å². The van der Waals surface area contributed by atoms with Crippen LogP contribution in [0, 0.1) is 0 Å². The van der Waals surface area contributed by atoms with Crippen molar-refractivity contribution in [2.45, 2.75) is 64.0 Å². The van der Waals surface area contributed by atoms with Gasteiger partial charge in [-0.25, -0.2) is 4.98 Å². The zero-order valence-corrected chi connectivity index (χ0v) is 12.2. The number of imidazole rings is 1. The SMILES string of the molecule is CCn1cncc1CNC1CCCC(OCC(F)(F)F)C1. The lowest BCUT2D eigenvalue weighted by Crippen LogP contribution is -2.38. The first-order valence-corrected chi connectivity index (χ1v) is 7.38. The van der Waals surface area contributed by atoms with E-state index in [9.17, 15) is 13.2 Å². The molecule has 21 heavy (non-hydrogen) atoms. The summed E-state index contributed by atoms with van der Waals surface area (Å²) in [5, 5.41) is 3.40. The van der Waals surface area contributed by atoms with Crippen LogP contribution in [0.3, 0.4) is 0 Å². The number of aromatic nitrogens is 2. The number of nitrogens with zero attached hydrogens (tertiary/aromatic N) is 2. The maximum Gasteiger partial charge on any atom is 0.411 e. The third-order valence-electron chi connectivity index (χ3n) is 3.82.